The van der Waals surface area contributed by atoms with Crippen LogP contribution in [0.15, 0.2) is 73.0 Å². The van der Waals surface area contributed by atoms with Crippen molar-refractivity contribution >= 4 is 23.3 Å². The van der Waals surface area contributed by atoms with Crippen molar-refractivity contribution in [3.63, 3.8) is 0 Å². The number of alkyl halides is 3. The molecule has 3 heterocycles. The van der Waals surface area contributed by atoms with Crippen LogP contribution in [0.2, 0.25) is 0 Å². The lowest BCUT2D eigenvalue weighted by molar-refractivity contribution is -0.0901. The molecule has 3 N–H and O–H groups in total. The molecule has 0 atom stereocenters. The number of carbonyl (C=O) groups is 1. The van der Waals surface area contributed by atoms with Gasteiger partial charge in [-0.05, 0) is 42.5 Å². The lowest BCUT2D eigenvalue weighted by Gasteiger charge is -2.14. The van der Waals surface area contributed by atoms with Gasteiger partial charge in [-0.2, -0.15) is 13.2 Å². The van der Waals surface area contributed by atoms with Crippen LogP contribution in [0.4, 0.5) is 24.8 Å². The van der Waals surface area contributed by atoms with E-state index in [-0.39, 0.29) is 28.5 Å². The van der Waals surface area contributed by atoms with Gasteiger partial charge in [0, 0.05) is 30.4 Å². The second kappa shape index (κ2) is 8.90. The minimum atomic E-state index is -4.76. The summed E-state index contributed by atoms with van der Waals surface area (Å²) >= 11 is 0. The number of allylic oxidation sites excluding steroid dienone is 2. The Morgan fingerprint density at radius 3 is 1.97 bits per heavy atom. The number of halogens is 3. The lowest BCUT2D eigenvalue weighted by atomic mass is 10.1. The van der Waals surface area contributed by atoms with E-state index in [0.717, 1.165) is 0 Å². The van der Waals surface area contributed by atoms with E-state index in [0.29, 0.717) is 6.08 Å². The number of anilines is 2. The maximum absolute atomic E-state index is 13.4. The SMILES string of the molecule is N=C(/C=C(\Nc1ccc(NC(=O)c2cccnc2)nn1)C(F)(F)F)c1cccnc1. The third kappa shape index (κ3) is 5.44. The van der Waals surface area contributed by atoms with Crippen LogP contribution in [0.5, 0.6) is 0 Å². The first-order chi connectivity index (χ1) is 14.3. The third-order valence-corrected chi connectivity index (χ3v) is 3.66. The summed E-state index contributed by atoms with van der Waals surface area (Å²) in [6, 6.07) is 8.63. The van der Waals surface area contributed by atoms with E-state index in [1.54, 1.807) is 12.1 Å². The van der Waals surface area contributed by atoms with Crippen LogP contribution in [-0.2, 0) is 0 Å². The van der Waals surface area contributed by atoms with E-state index in [1.807, 2.05) is 0 Å². The fourth-order valence-corrected chi connectivity index (χ4v) is 2.23. The Balaban J connectivity index is 1.73. The molecule has 8 nitrogen and oxygen atoms in total. The zero-order valence-corrected chi connectivity index (χ0v) is 15.2. The third-order valence-electron chi connectivity index (χ3n) is 3.66. The molecule has 0 saturated carbocycles. The smallest absolute Gasteiger partial charge is 0.335 e. The number of amides is 1. The van der Waals surface area contributed by atoms with Crippen LogP contribution < -0.4 is 10.6 Å². The van der Waals surface area contributed by atoms with Crippen molar-refractivity contribution in [2.24, 2.45) is 0 Å². The van der Waals surface area contributed by atoms with Crippen LogP contribution in [0.25, 0.3) is 0 Å². The zero-order valence-electron chi connectivity index (χ0n) is 15.2. The highest BCUT2D eigenvalue weighted by atomic mass is 19.4. The quantitative estimate of drug-likeness (QED) is 0.533. The fourth-order valence-electron chi connectivity index (χ4n) is 2.23. The summed E-state index contributed by atoms with van der Waals surface area (Å²) in [4.78, 5) is 19.6. The number of pyridine rings is 2. The lowest BCUT2D eigenvalue weighted by Crippen LogP contribution is -2.21. The predicted octanol–water partition coefficient (Wildman–Crippen LogP) is 3.45. The number of nitrogens with one attached hydrogen (secondary N) is 3. The van der Waals surface area contributed by atoms with Crippen LogP contribution in [0.1, 0.15) is 15.9 Å². The summed E-state index contributed by atoms with van der Waals surface area (Å²) < 4.78 is 40.1. The highest BCUT2D eigenvalue weighted by molar-refractivity contribution is 6.07. The van der Waals surface area contributed by atoms with Gasteiger partial charge in [0.25, 0.3) is 5.91 Å². The maximum Gasteiger partial charge on any atom is 0.431 e. The van der Waals surface area contributed by atoms with Gasteiger partial charge in [-0.15, -0.1) is 10.2 Å². The Morgan fingerprint density at radius 1 is 0.900 bits per heavy atom. The van der Waals surface area contributed by atoms with Gasteiger partial charge in [0.2, 0.25) is 0 Å². The zero-order chi connectivity index (χ0) is 21.6. The molecule has 30 heavy (non-hydrogen) atoms. The average Bonchev–Trinajstić information content (AvgIpc) is 2.75. The van der Waals surface area contributed by atoms with Gasteiger partial charge < -0.3 is 16.0 Å². The van der Waals surface area contributed by atoms with Crippen molar-refractivity contribution in [3.05, 3.63) is 84.1 Å². The van der Waals surface area contributed by atoms with Gasteiger partial charge >= 0.3 is 6.18 Å². The van der Waals surface area contributed by atoms with Crippen molar-refractivity contribution in [1.82, 2.24) is 20.2 Å². The molecule has 0 radical (unpaired) electrons. The summed E-state index contributed by atoms with van der Waals surface area (Å²) in [5.74, 6) is -0.647. The van der Waals surface area contributed by atoms with Crippen molar-refractivity contribution in [2.75, 3.05) is 10.6 Å². The molecule has 1 amide bonds. The van der Waals surface area contributed by atoms with Crippen molar-refractivity contribution < 1.29 is 18.0 Å². The predicted molar refractivity (Wildman–Crippen MR) is 103 cm³/mol. The summed E-state index contributed by atoms with van der Waals surface area (Å²) in [6.45, 7) is 0. The second-order valence-corrected chi connectivity index (χ2v) is 5.84. The highest BCUT2D eigenvalue weighted by Crippen LogP contribution is 2.27. The van der Waals surface area contributed by atoms with Gasteiger partial charge in [0.15, 0.2) is 11.6 Å². The van der Waals surface area contributed by atoms with Crippen LogP contribution in [0, 0.1) is 5.41 Å². The number of aromatic nitrogens is 4. The summed E-state index contributed by atoms with van der Waals surface area (Å²) in [6.07, 6.45) is 1.48. The molecule has 0 saturated heterocycles. The molecular weight excluding hydrogens is 399 g/mol. The monoisotopic (exact) mass is 413 g/mol. The van der Waals surface area contributed by atoms with E-state index < -0.39 is 17.8 Å². The molecule has 3 aromatic heterocycles. The topological polar surface area (TPSA) is 117 Å². The highest BCUT2D eigenvalue weighted by Gasteiger charge is 2.34. The summed E-state index contributed by atoms with van der Waals surface area (Å²) in [5.41, 5.74) is -1.06. The molecule has 0 aliphatic heterocycles. The Bertz CT molecular complexity index is 1050. The van der Waals surface area contributed by atoms with E-state index in [9.17, 15) is 18.0 Å². The molecule has 3 aromatic rings. The van der Waals surface area contributed by atoms with Gasteiger partial charge in [-0.25, -0.2) is 0 Å². The number of hydrogen-bond donors (Lipinski definition) is 3. The Kier molecular flexibility index (Phi) is 6.11. The Morgan fingerprint density at radius 2 is 1.47 bits per heavy atom. The number of carbonyl (C=O) groups excluding carboxylic acids is 1. The molecule has 0 spiro atoms. The largest absolute Gasteiger partial charge is 0.431 e. The maximum atomic E-state index is 13.4. The summed E-state index contributed by atoms with van der Waals surface area (Å²) in [7, 11) is 0. The minimum absolute atomic E-state index is 0.0510. The fraction of sp³-hybridized carbons (Fsp3) is 0.0526. The molecule has 3 rings (SSSR count). The second-order valence-electron chi connectivity index (χ2n) is 5.84. The first kappa shape index (κ1) is 20.6. The van der Waals surface area contributed by atoms with E-state index in [1.165, 1.54) is 49.1 Å². The molecule has 0 aliphatic rings. The first-order valence-electron chi connectivity index (χ1n) is 8.43. The van der Waals surface area contributed by atoms with Gasteiger partial charge in [-0.1, -0.05) is 0 Å². The van der Waals surface area contributed by atoms with Gasteiger partial charge in [0.05, 0.1) is 11.3 Å². The number of hydrogen-bond acceptors (Lipinski definition) is 7. The van der Waals surface area contributed by atoms with Crippen LogP contribution in [-0.4, -0.2) is 38.0 Å². The van der Waals surface area contributed by atoms with E-state index >= 15 is 0 Å². The number of rotatable bonds is 6. The Labute approximate surface area is 168 Å². The van der Waals surface area contributed by atoms with Crippen molar-refractivity contribution in [1.29, 1.82) is 5.41 Å². The van der Waals surface area contributed by atoms with Crippen molar-refractivity contribution in [3.8, 4) is 0 Å². The van der Waals surface area contributed by atoms with E-state index in [4.69, 9.17) is 5.41 Å². The normalized spacial score (nSPS) is 11.6. The Hall–Kier alpha value is -4.15. The standard InChI is InChI=1S/C19H14F3N7O/c20-19(21,22)15(9-14(23)12-3-1-7-24-10-12)26-16-5-6-17(29-28-16)27-18(30)13-4-2-8-25-11-13/h1-11,23H,(H,26,28)(H,27,29,30)/b15-9-,23-14?. The first-order valence-corrected chi connectivity index (χ1v) is 8.43. The molecule has 0 aromatic carbocycles. The molecule has 0 fully saturated rings. The minimum Gasteiger partial charge on any atom is -0.335 e. The molecule has 0 bridgehead atoms. The average molecular weight is 413 g/mol. The van der Waals surface area contributed by atoms with Crippen LogP contribution >= 0.6 is 0 Å². The summed E-state index contributed by atoms with van der Waals surface area (Å²) in [5, 5.41) is 19.8. The van der Waals surface area contributed by atoms with Gasteiger partial charge in [-0.3, -0.25) is 14.8 Å². The molecule has 152 valence electrons. The molecular formula is C19H14F3N7O. The molecule has 0 unspecified atom stereocenters. The van der Waals surface area contributed by atoms with Crippen LogP contribution in [0.3, 0.4) is 0 Å². The number of nitrogens with zero attached hydrogens (tertiary/aromatic N) is 4. The van der Waals surface area contributed by atoms with E-state index in [2.05, 4.69) is 30.8 Å². The molecule has 0 aliphatic carbocycles. The molecule has 11 heteroatoms. The van der Waals surface area contributed by atoms with Gasteiger partial charge in [0.1, 0.15) is 5.70 Å². The van der Waals surface area contributed by atoms with Crippen molar-refractivity contribution in [2.45, 2.75) is 6.18 Å².